The van der Waals surface area contributed by atoms with Crippen LogP contribution in [0, 0.1) is 5.41 Å². The molecule has 5 rings (SSSR count). The molecule has 3 aliphatic heterocycles. The molecule has 4 heteroatoms. The number of hydrogen-bond acceptors (Lipinski definition) is 3. The van der Waals surface area contributed by atoms with E-state index in [1.165, 1.54) is 41.5 Å². The number of benzene rings is 1. The quantitative estimate of drug-likeness (QED) is 0.912. The van der Waals surface area contributed by atoms with E-state index < -0.39 is 0 Å². The van der Waals surface area contributed by atoms with Crippen LogP contribution in [0.25, 0.3) is 10.9 Å². The number of aryl methyl sites for hydroxylation is 1. The van der Waals surface area contributed by atoms with E-state index in [4.69, 9.17) is 9.47 Å². The topological polar surface area (TPSA) is 37.5 Å². The fourth-order valence-corrected chi connectivity index (χ4v) is 5.51. The predicted octanol–water partition coefficient (Wildman–Crippen LogP) is 3.15. The first-order valence-electron chi connectivity index (χ1n) is 9.83. The van der Waals surface area contributed by atoms with Crippen molar-refractivity contribution >= 4 is 10.9 Å². The third-order valence-corrected chi connectivity index (χ3v) is 6.65. The highest BCUT2D eigenvalue weighted by atomic mass is 16.5. The zero-order valence-corrected chi connectivity index (χ0v) is 15.1. The van der Waals surface area contributed by atoms with Crippen LogP contribution < -0.4 is 0 Å². The van der Waals surface area contributed by atoms with Gasteiger partial charge in [0.25, 0.3) is 0 Å². The summed E-state index contributed by atoms with van der Waals surface area (Å²) < 4.78 is 12.3. The molecule has 0 radical (unpaired) electrons. The second-order valence-corrected chi connectivity index (χ2v) is 8.01. The van der Waals surface area contributed by atoms with E-state index >= 15 is 0 Å². The third kappa shape index (κ3) is 2.54. The molecule has 25 heavy (non-hydrogen) atoms. The van der Waals surface area contributed by atoms with Gasteiger partial charge in [0.05, 0.1) is 12.2 Å². The molecule has 4 atom stereocenters. The van der Waals surface area contributed by atoms with E-state index in [9.17, 15) is 0 Å². The van der Waals surface area contributed by atoms with Crippen molar-refractivity contribution in [1.82, 2.24) is 9.88 Å². The van der Waals surface area contributed by atoms with E-state index in [0.717, 1.165) is 39.1 Å². The van der Waals surface area contributed by atoms with E-state index in [2.05, 4.69) is 41.1 Å². The van der Waals surface area contributed by atoms with Crippen LogP contribution in [-0.2, 0) is 22.3 Å². The maximum atomic E-state index is 6.22. The molecule has 1 unspecified atom stereocenters. The molecule has 2 bridgehead atoms. The smallest absolute Gasteiger partial charge is 0.0968 e. The molecule has 2 saturated heterocycles. The summed E-state index contributed by atoms with van der Waals surface area (Å²) in [5.41, 5.74) is 4.53. The van der Waals surface area contributed by atoms with Crippen molar-refractivity contribution in [2.45, 2.75) is 44.8 Å². The van der Waals surface area contributed by atoms with Gasteiger partial charge in [0.15, 0.2) is 0 Å². The van der Waals surface area contributed by atoms with E-state index in [-0.39, 0.29) is 17.6 Å². The van der Waals surface area contributed by atoms with Crippen molar-refractivity contribution in [2.75, 3.05) is 32.8 Å². The number of piperidine rings is 1. The molecular formula is C21H28N2O2. The van der Waals surface area contributed by atoms with Crippen molar-refractivity contribution in [3.63, 3.8) is 0 Å². The largest absolute Gasteiger partial charge is 0.375 e. The summed E-state index contributed by atoms with van der Waals surface area (Å²) >= 11 is 0. The van der Waals surface area contributed by atoms with E-state index in [1.807, 2.05) is 0 Å². The number of nitrogens with one attached hydrogen (secondary N) is 1. The molecule has 2 aromatic rings. The Balaban J connectivity index is 1.52. The first kappa shape index (κ1) is 15.9. The average Bonchev–Trinajstić information content (AvgIpc) is 3.20. The normalized spacial score (nSPS) is 34.8. The van der Waals surface area contributed by atoms with Crippen LogP contribution in [0.1, 0.15) is 31.0 Å². The maximum Gasteiger partial charge on any atom is 0.0968 e. The van der Waals surface area contributed by atoms with Gasteiger partial charge in [0.1, 0.15) is 0 Å². The molecule has 0 amide bonds. The Morgan fingerprint density at radius 1 is 1.28 bits per heavy atom. The van der Waals surface area contributed by atoms with Gasteiger partial charge in [-0.15, -0.1) is 0 Å². The minimum Gasteiger partial charge on any atom is -0.375 e. The summed E-state index contributed by atoms with van der Waals surface area (Å²) in [6.45, 7) is 7.07. The second kappa shape index (κ2) is 6.11. The fraction of sp³-hybridized carbons (Fsp3) is 0.619. The van der Waals surface area contributed by atoms with E-state index in [0.29, 0.717) is 0 Å². The number of nitrogens with zero attached hydrogens (tertiary/aromatic N) is 1. The summed E-state index contributed by atoms with van der Waals surface area (Å²) in [5, 5.41) is 1.41. The van der Waals surface area contributed by atoms with Gasteiger partial charge < -0.3 is 14.5 Å². The Labute approximate surface area is 149 Å². The molecule has 0 aliphatic carbocycles. The van der Waals surface area contributed by atoms with Gasteiger partial charge in [-0.2, -0.15) is 0 Å². The molecule has 134 valence electrons. The monoisotopic (exact) mass is 340 g/mol. The SMILES string of the molecule is CCO[C@H]1CN2CCc3c([nH]c4ccccc34)CC[C@@]3(CCO[C@@H]13)C2. The third-order valence-electron chi connectivity index (χ3n) is 6.65. The standard InChI is InChI=1S/C21H28N2O2/c1-2-24-19-13-23-11-8-16-15-5-3-4-6-17(15)22-18(16)7-9-21(14-23)10-12-25-20(19)21/h3-6,19-20,22H,2,7-14H2,1H3/t19-,20-,21+/m0/s1. The van der Waals surface area contributed by atoms with Gasteiger partial charge in [-0.1, -0.05) is 18.2 Å². The van der Waals surface area contributed by atoms with Crippen LogP contribution in [0.15, 0.2) is 24.3 Å². The Morgan fingerprint density at radius 2 is 2.20 bits per heavy atom. The Hall–Kier alpha value is -1.36. The van der Waals surface area contributed by atoms with Crippen molar-refractivity contribution in [3.05, 3.63) is 35.5 Å². The van der Waals surface area contributed by atoms with Gasteiger partial charge >= 0.3 is 0 Å². The molecule has 1 spiro atoms. The van der Waals surface area contributed by atoms with E-state index in [1.54, 1.807) is 0 Å². The minimum atomic E-state index is 0.231. The zero-order valence-electron chi connectivity index (χ0n) is 15.1. The first-order chi connectivity index (χ1) is 12.3. The molecular weight excluding hydrogens is 312 g/mol. The Bertz CT molecular complexity index is 770. The average molecular weight is 340 g/mol. The summed E-state index contributed by atoms with van der Waals surface area (Å²) in [5.74, 6) is 0. The van der Waals surface area contributed by atoms with Gasteiger partial charge in [0, 0.05) is 54.9 Å². The zero-order chi connectivity index (χ0) is 16.9. The number of H-pyrrole nitrogens is 1. The molecule has 1 N–H and O–H groups in total. The number of para-hydroxylation sites is 1. The number of aromatic amines is 1. The molecule has 1 aromatic carbocycles. The lowest BCUT2D eigenvalue weighted by atomic mass is 9.72. The number of hydrogen-bond donors (Lipinski definition) is 1. The van der Waals surface area contributed by atoms with Crippen molar-refractivity contribution in [1.29, 1.82) is 0 Å². The summed E-state index contributed by atoms with van der Waals surface area (Å²) in [4.78, 5) is 6.36. The summed E-state index contributed by atoms with van der Waals surface area (Å²) in [7, 11) is 0. The number of fused-ring (bicyclic) bond motifs is 4. The van der Waals surface area contributed by atoms with Gasteiger partial charge in [-0.25, -0.2) is 0 Å². The first-order valence-corrected chi connectivity index (χ1v) is 9.83. The highest BCUT2D eigenvalue weighted by Gasteiger charge is 2.52. The number of rotatable bonds is 2. The van der Waals surface area contributed by atoms with Gasteiger partial charge in [-0.05, 0) is 44.2 Å². The van der Waals surface area contributed by atoms with Crippen LogP contribution in [0.4, 0.5) is 0 Å². The summed E-state index contributed by atoms with van der Waals surface area (Å²) in [6, 6.07) is 8.77. The molecule has 4 nitrogen and oxygen atoms in total. The van der Waals surface area contributed by atoms with Gasteiger partial charge in [0.2, 0.25) is 0 Å². The molecule has 4 heterocycles. The lowest BCUT2D eigenvalue weighted by Gasteiger charge is -2.47. The van der Waals surface area contributed by atoms with Crippen LogP contribution >= 0.6 is 0 Å². The molecule has 2 fully saturated rings. The van der Waals surface area contributed by atoms with Crippen LogP contribution in [0.2, 0.25) is 0 Å². The summed E-state index contributed by atoms with van der Waals surface area (Å²) in [6.07, 6.45) is 5.12. The lowest BCUT2D eigenvalue weighted by molar-refractivity contribution is -0.129. The van der Waals surface area contributed by atoms with Gasteiger partial charge in [-0.3, -0.25) is 4.90 Å². The lowest BCUT2D eigenvalue weighted by Crippen LogP contribution is -2.58. The van der Waals surface area contributed by atoms with Crippen LogP contribution in [-0.4, -0.2) is 54.9 Å². The highest BCUT2D eigenvalue weighted by molar-refractivity contribution is 5.84. The minimum absolute atomic E-state index is 0.231. The maximum absolute atomic E-state index is 6.22. The Morgan fingerprint density at radius 3 is 3.12 bits per heavy atom. The van der Waals surface area contributed by atoms with Crippen molar-refractivity contribution in [2.24, 2.45) is 5.41 Å². The molecule has 3 aliphatic rings. The highest BCUT2D eigenvalue weighted by Crippen LogP contribution is 2.46. The molecule has 1 aromatic heterocycles. The molecule has 0 saturated carbocycles. The number of aromatic nitrogens is 1. The fourth-order valence-electron chi connectivity index (χ4n) is 5.51. The Kier molecular flexibility index (Phi) is 3.88. The van der Waals surface area contributed by atoms with Crippen LogP contribution in [0.5, 0.6) is 0 Å². The van der Waals surface area contributed by atoms with Crippen molar-refractivity contribution in [3.8, 4) is 0 Å². The second-order valence-electron chi connectivity index (χ2n) is 8.01. The predicted molar refractivity (Wildman–Crippen MR) is 99.0 cm³/mol. The van der Waals surface area contributed by atoms with Crippen molar-refractivity contribution < 1.29 is 9.47 Å². The van der Waals surface area contributed by atoms with Crippen LogP contribution in [0.3, 0.4) is 0 Å². The number of ether oxygens (including phenoxy) is 2.